The average Bonchev–Trinajstić information content (AvgIpc) is 3.04. The monoisotopic (exact) mass is 324 g/mol. The number of hydrogen-bond acceptors (Lipinski definition) is 4. The van der Waals surface area contributed by atoms with Gasteiger partial charge in [-0.1, -0.05) is 29.8 Å². The van der Waals surface area contributed by atoms with Gasteiger partial charge in [0.1, 0.15) is 12.1 Å². The molecule has 0 amide bonds. The van der Waals surface area contributed by atoms with Crippen LogP contribution in [0.2, 0.25) is 5.02 Å². The lowest BCUT2D eigenvalue weighted by molar-refractivity contribution is 0.802. The molecule has 0 radical (unpaired) electrons. The van der Waals surface area contributed by atoms with Gasteiger partial charge in [0.15, 0.2) is 0 Å². The topological polar surface area (TPSA) is 41.0 Å². The van der Waals surface area contributed by atoms with Crippen LogP contribution in [0.3, 0.4) is 0 Å². The van der Waals surface area contributed by atoms with Crippen LogP contribution in [0, 0.1) is 0 Å². The van der Waals surface area contributed by atoms with E-state index >= 15 is 0 Å². The van der Waals surface area contributed by atoms with Gasteiger partial charge in [-0.05, 0) is 36.8 Å². The average molecular weight is 325 g/mol. The molecule has 1 N–H and O–H groups in total. The summed E-state index contributed by atoms with van der Waals surface area (Å²) in [6.07, 6.45) is 2.68. The van der Waals surface area contributed by atoms with Crippen LogP contribution in [0.25, 0.3) is 10.9 Å². The van der Waals surface area contributed by atoms with Gasteiger partial charge in [-0.15, -0.1) is 0 Å². The normalized spacial score (nSPS) is 17.6. The number of aromatic nitrogens is 2. The number of rotatable bonds is 3. The Morgan fingerprint density at radius 3 is 2.83 bits per heavy atom. The summed E-state index contributed by atoms with van der Waals surface area (Å²) >= 11 is 6.04. The van der Waals surface area contributed by atoms with E-state index in [0.29, 0.717) is 11.1 Å². The second-order valence-corrected chi connectivity index (χ2v) is 6.23. The van der Waals surface area contributed by atoms with E-state index in [0.717, 1.165) is 36.2 Å². The molecule has 1 fully saturated rings. The minimum atomic E-state index is 0.379. The van der Waals surface area contributed by atoms with E-state index in [1.807, 2.05) is 24.3 Å². The van der Waals surface area contributed by atoms with Crippen molar-refractivity contribution < 1.29 is 0 Å². The Hall–Kier alpha value is -2.33. The van der Waals surface area contributed by atoms with E-state index in [1.165, 1.54) is 5.69 Å². The standard InChI is InChI=1S/C18H17ClN4/c19-13-6-7-16-17(10-13)20-12-21-18(16)22-14-8-9-23(11-14)15-4-2-1-3-5-15/h1-7,10,12,14H,8-9,11H2,(H,20,21,22). The molecule has 1 saturated heterocycles. The van der Waals surface area contributed by atoms with Crippen LogP contribution >= 0.6 is 11.6 Å². The lowest BCUT2D eigenvalue weighted by Gasteiger charge is -2.19. The van der Waals surface area contributed by atoms with Crippen LogP contribution < -0.4 is 10.2 Å². The van der Waals surface area contributed by atoms with Crippen LogP contribution in [0.15, 0.2) is 54.9 Å². The summed E-state index contributed by atoms with van der Waals surface area (Å²) in [6.45, 7) is 2.03. The van der Waals surface area contributed by atoms with Gasteiger partial charge in [0.05, 0.1) is 5.52 Å². The minimum Gasteiger partial charge on any atom is -0.369 e. The molecule has 1 atom stereocenters. The maximum absolute atomic E-state index is 6.04. The first-order valence-electron chi connectivity index (χ1n) is 7.76. The van der Waals surface area contributed by atoms with Crippen molar-refractivity contribution in [3.05, 3.63) is 59.9 Å². The van der Waals surface area contributed by atoms with Crippen molar-refractivity contribution in [3.63, 3.8) is 0 Å². The fourth-order valence-corrected chi connectivity index (χ4v) is 3.26. The van der Waals surface area contributed by atoms with E-state index in [9.17, 15) is 0 Å². The Balaban J connectivity index is 1.53. The number of para-hydroxylation sites is 1. The Morgan fingerprint density at radius 2 is 1.96 bits per heavy atom. The molecule has 2 aromatic carbocycles. The number of halogens is 1. The quantitative estimate of drug-likeness (QED) is 0.791. The minimum absolute atomic E-state index is 0.379. The molecule has 1 aliphatic heterocycles. The molecule has 1 aromatic heterocycles. The summed E-state index contributed by atoms with van der Waals surface area (Å²) in [6, 6.07) is 16.6. The van der Waals surface area contributed by atoms with Crippen LogP contribution in [-0.4, -0.2) is 29.1 Å². The summed E-state index contributed by atoms with van der Waals surface area (Å²) in [7, 11) is 0. The molecule has 2 heterocycles. The SMILES string of the molecule is Clc1ccc2c(NC3CCN(c4ccccc4)C3)ncnc2c1. The van der Waals surface area contributed by atoms with Gasteiger partial charge >= 0.3 is 0 Å². The lowest BCUT2D eigenvalue weighted by atomic mass is 10.2. The van der Waals surface area contributed by atoms with Gasteiger partial charge in [0.2, 0.25) is 0 Å². The number of nitrogens with one attached hydrogen (secondary N) is 1. The van der Waals surface area contributed by atoms with Crippen LogP contribution in [0.5, 0.6) is 0 Å². The summed E-state index contributed by atoms with van der Waals surface area (Å²) in [5, 5.41) is 5.27. The molecule has 0 aliphatic carbocycles. The second kappa shape index (κ2) is 6.05. The third-order valence-corrected chi connectivity index (χ3v) is 4.48. The maximum Gasteiger partial charge on any atom is 0.137 e. The van der Waals surface area contributed by atoms with E-state index < -0.39 is 0 Å². The zero-order chi connectivity index (χ0) is 15.6. The summed E-state index contributed by atoms with van der Waals surface area (Å²) in [4.78, 5) is 11.1. The third kappa shape index (κ3) is 2.94. The first kappa shape index (κ1) is 14.3. The van der Waals surface area contributed by atoms with Crippen LogP contribution in [0.1, 0.15) is 6.42 Å². The highest BCUT2D eigenvalue weighted by Crippen LogP contribution is 2.26. The zero-order valence-corrected chi connectivity index (χ0v) is 13.4. The summed E-state index contributed by atoms with van der Waals surface area (Å²) in [5.41, 5.74) is 2.14. The van der Waals surface area contributed by atoms with Crippen molar-refractivity contribution in [1.29, 1.82) is 0 Å². The molecule has 0 saturated carbocycles. The Bertz CT molecular complexity index is 822. The number of hydrogen-bond donors (Lipinski definition) is 1. The van der Waals surface area contributed by atoms with Gasteiger partial charge < -0.3 is 10.2 Å². The van der Waals surface area contributed by atoms with Crippen LogP contribution in [0.4, 0.5) is 11.5 Å². The number of benzene rings is 2. The predicted octanol–water partition coefficient (Wildman–Crippen LogP) is 3.97. The molecule has 5 heteroatoms. The first-order chi connectivity index (χ1) is 11.3. The predicted molar refractivity (Wildman–Crippen MR) is 95.2 cm³/mol. The van der Waals surface area contributed by atoms with Crippen molar-refractivity contribution in [2.45, 2.75) is 12.5 Å². The van der Waals surface area contributed by atoms with E-state index in [2.05, 4.69) is 44.5 Å². The van der Waals surface area contributed by atoms with Crippen molar-refractivity contribution in [2.24, 2.45) is 0 Å². The van der Waals surface area contributed by atoms with Crippen LogP contribution in [-0.2, 0) is 0 Å². The van der Waals surface area contributed by atoms with E-state index in [4.69, 9.17) is 11.6 Å². The van der Waals surface area contributed by atoms with Crippen molar-refractivity contribution in [3.8, 4) is 0 Å². The van der Waals surface area contributed by atoms with Gasteiger partial charge in [0, 0.05) is 35.2 Å². The number of anilines is 2. The molecule has 1 unspecified atom stereocenters. The summed E-state index contributed by atoms with van der Waals surface area (Å²) in [5.74, 6) is 0.881. The largest absolute Gasteiger partial charge is 0.369 e. The molecular weight excluding hydrogens is 308 g/mol. The fourth-order valence-electron chi connectivity index (χ4n) is 3.09. The first-order valence-corrected chi connectivity index (χ1v) is 8.14. The molecule has 116 valence electrons. The van der Waals surface area contributed by atoms with E-state index in [-0.39, 0.29) is 0 Å². The Morgan fingerprint density at radius 1 is 1.09 bits per heavy atom. The number of nitrogens with zero attached hydrogens (tertiary/aromatic N) is 3. The highest BCUT2D eigenvalue weighted by atomic mass is 35.5. The molecule has 0 spiro atoms. The second-order valence-electron chi connectivity index (χ2n) is 5.80. The fraction of sp³-hybridized carbons (Fsp3) is 0.222. The number of fused-ring (bicyclic) bond motifs is 1. The zero-order valence-electron chi connectivity index (χ0n) is 12.6. The molecule has 1 aliphatic rings. The van der Waals surface area contributed by atoms with Gasteiger partial charge in [-0.25, -0.2) is 9.97 Å². The molecule has 4 rings (SSSR count). The van der Waals surface area contributed by atoms with Gasteiger partial charge in [-0.3, -0.25) is 0 Å². The van der Waals surface area contributed by atoms with Crippen molar-refractivity contribution in [2.75, 3.05) is 23.3 Å². The maximum atomic E-state index is 6.04. The molecule has 23 heavy (non-hydrogen) atoms. The Labute approximate surface area is 140 Å². The van der Waals surface area contributed by atoms with Gasteiger partial charge in [0.25, 0.3) is 0 Å². The summed E-state index contributed by atoms with van der Waals surface area (Å²) < 4.78 is 0. The third-order valence-electron chi connectivity index (χ3n) is 4.25. The highest BCUT2D eigenvalue weighted by Gasteiger charge is 2.23. The molecule has 4 nitrogen and oxygen atoms in total. The Kier molecular flexibility index (Phi) is 3.75. The van der Waals surface area contributed by atoms with Crippen molar-refractivity contribution >= 4 is 34.0 Å². The van der Waals surface area contributed by atoms with Gasteiger partial charge in [-0.2, -0.15) is 0 Å². The molecule has 3 aromatic rings. The lowest BCUT2D eigenvalue weighted by Crippen LogP contribution is -2.26. The highest BCUT2D eigenvalue weighted by molar-refractivity contribution is 6.31. The van der Waals surface area contributed by atoms with E-state index in [1.54, 1.807) is 6.33 Å². The molecule has 0 bridgehead atoms. The smallest absolute Gasteiger partial charge is 0.137 e. The molecular formula is C18H17ClN4. The van der Waals surface area contributed by atoms with Crippen molar-refractivity contribution in [1.82, 2.24) is 9.97 Å².